The lowest BCUT2D eigenvalue weighted by atomic mass is 10.0. The number of hydrogen-bond donors (Lipinski definition) is 1. The largest absolute Gasteiger partial charge is 0.478 e. The molecule has 0 fully saturated rings. The van der Waals surface area contributed by atoms with Crippen molar-refractivity contribution in [2.75, 3.05) is 0 Å². The Hall–Kier alpha value is -1.83. The molecule has 0 aliphatic carbocycles. The molecule has 2 nitrogen and oxygen atoms in total. The van der Waals surface area contributed by atoms with Crippen LogP contribution in [-0.2, 0) is 4.79 Å². The van der Waals surface area contributed by atoms with Crippen LogP contribution in [0.3, 0.4) is 0 Å². The van der Waals surface area contributed by atoms with E-state index in [9.17, 15) is 4.79 Å². The summed E-state index contributed by atoms with van der Waals surface area (Å²) in [6, 6.07) is 9.96. The van der Waals surface area contributed by atoms with E-state index in [0.717, 1.165) is 24.0 Å². The molecule has 0 saturated carbocycles. The van der Waals surface area contributed by atoms with Crippen LogP contribution < -0.4 is 0 Å². The van der Waals surface area contributed by atoms with Crippen LogP contribution in [0.1, 0.15) is 38.7 Å². The van der Waals surface area contributed by atoms with Gasteiger partial charge in [-0.2, -0.15) is 0 Å². The molecule has 96 valence electrons. The van der Waals surface area contributed by atoms with Gasteiger partial charge in [0.25, 0.3) is 0 Å². The predicted octanol–water partition coefficient (Wildman–Crippen LogP) is 4.29. The van der Waals surface area contributed by atoms with E-state index in [0.29, 0.717) is 12.0 Å². The molecule has 2 heteroatoms. The maximum atomic E-state index is 11.1. The second-order valence-corrected chi connectivity index (χ2v) is 4.32. The highest BCUT2D eigenvalue weighted by atomic mass is 16.4. The van der Waals surface area contributed by atoms with Gasteiger partial charge in [-0.1, -0.05) is 55.8 Å². The number of carbonyl (C=O) groups is 1. The zero-order valence-corrected chi connectivity index (χ0v) is 11.0. The third-order valence-corrected chi connectivity index (χ3v) is 2.84. The summed E-state index contributed by atoms with van der Waals surface area (Å²) in [4.78, 5) is 11.1. The monoisotopic (exact) mass is 244 g/mol. The van der Waals surface area contributed by atoms with Gasteiger partial charge in [-0.3, -0.25) is 0 Å². The summed E-state index contributed by atoms with van der Waals surface area (Å²) >= 11 is 0. The molecule has 0 unspecified atom stereocenters. The number of rotatable bonds is 6. The SMILES string of the molecule is CCCC/C(=C\C=C(\C)c1ccccc1)C(=O)O. The van der Waals surface area contributed by atoms with Gasteiger partial charge in [0, 0.05) is 5.57 Å². The van der Waals surface area contributed by atoms with E-state index in [-0.39, 0.29) is 0 Å². The Kier molecular flexibility index (Phi) is 5.92. The van der Waals surface area contributed by atoms with Crippen molar-refractivity contribution in [3.05, 3.63) is 53.6 Å². The minimum atomic E-state index is -0.819. The highest BCUT2D eigenvalue weighted by Gasteiger charge is 2.05. The van der Waals surface area contributed by atoms with Crippen molar-refractivity contribution in [3.8, 4) is 0 Å². The molecule has 1 aromatic rings. The number of hydrogen-bond acceptors (Lipinski definition) is 1. The maximum absolute atomic E-state index is 11.1. The highest BCUT2D eigenvalue weighted by molar-refractivity contribution is 5.87. The topological polar surface area (TPSA) is 37.3 Å². The van der Waals surface area contributed by atoms with Crippen molar-refractivity contribution in [3.63, 3.8) is 0 Å². The second kappa shape index (κ2) is 7.49. The van der Waals surface area contributed by atoms with Gasteiger partial charge in [0.05, 0.1) is 0 Å². The molecule has 0 bridgehead atoms. The molecule has 0 amide bonds. The van der Waals surface area contributed by atoms with Crippen LogP contribution in [0, 0.1) is 0 Å². The van der Waals surface area contributed by atoms with Gasteiger partial charge in [-0.15, -0.1) is 0 Å². The fourth-order valence-corrected chi connectivity index (χ4v) is 1.65. The average molecular weight is 244 g/mol. The van der Waals surface area contributed by atoms with E-state index in [1.807, 2.05) is 43.3 Å². The summed E-state index contributed by atoms with van der Waals surface area (Å²) in [5.41, 5.74) is 2.67. The highest BCUT2D eigenvalue weighted by Crippen LogP contribution is 2.15. The molecule has 0 aliphatic heterocycles. The first-order valence-corrected chi connectivity index (χ1v) is 6.31. The lowest BCUT2D eigenvalue weighted by Crippen LogP contribution is -2.00. The molecule has 1 N–H and O–H groups in total. The Morgan fingerprint density at radius 1 is 1.22 bits per heavy atom. The number of carboxylic acids is 1. The van der Waals surface area contributed by atoms with Crippen LogP contribution in [-0.4, -0.2) is 11.1 Å². The minimum Gasteiger partial charge on any atom is -0.478 e. The van der Waals surface area contributed by atoms with Gasteiger partial charge in [-0.25, -0.2) is 4.79 Å². The van der Waals surface area contributed by atoms with E-state index in [1.165, 1.54) is 0 Å². The van der Waals surface area contributed by atoms with Crippen molar-refractivity contribution < 1.29 is 9.90 Å². The smallest absolute Gasteiger partial charge is 0.331 e. The second-order valence-electron chi connectivity index (χ2n) is 4.32. The summed E-state index contributed by atoms with van der Waals surface area (Å²) in [7, 11) is 0. The lowest BCUT2D eigenvalue weighted by Gasteiger charge is -2.01. The molecule has 0 saturated heterocycles. The molecular formula is C16H20O2. The Bertz CT molecular complexity index is 441. The van der Waals surface area contributed by atoms with Crippen LogP contribution >= 0.6 is 0 Å². The van der Waals surface area contributed by atoms with Crippen molar-refractivity contribution in [2.45, 2.75) is 33.1 Å². The van der Waals surface area contributed by atoms with Gasteiger partial charge >= 0.3 is 5.97 Å². The van der Waals surface area contributed by atoms with E-state index in [1.54, 1.807) is 6.08 Å². The lowest BCUT2D eigenvalue weighted by molar-refractivity contribution is -0.132. The van der Waals surface area contributed by atoms with Crippen LogP contribution in [0.5, 0.6) is 0 Å². The predicted molar refractivity (Wildman–Crippen MR) is 75.3 cm³/mol. The van der Waals surface area contributed by atoms with Gasteiger partial charge in [-0.05, 0) is 30.9 Å². The number of carboxylic acid groups (broad SMARTS) is 1. The molecule has 0 aliphatic rings. The summed E-state index contributed by atoms with van der Waals surface area (Å²) in [6.45, 7) is 4.05. The fourth-order valence-electron chi connectivity index (χ4n) is 1.65. The summed E-state index contributed by atoms with van der Waals surface area (Å²) in [5, 5.41) is 9.09. The van der Waals surface area contributed by atoms with Gasteiger partial charge in [0.1, 0.15) is 0 Å². The first kappa shape index (κ1) is 14.2. The Labute approximate surface area is 109 Å². The molecule has 0 heterocycles. The fraction of sp³-hybridized carbons (Fsp3) is 0.312. The number of allylic oxidation sites excluding steroid dienone is 3. The normalized spacial score (nSPS) is 12.6. The van der Waals surface area contributed by atoms with Crippen molar-refractivity contribution >= 4 is 11.5 Å². The van der Waals surface area contributed by atoms with Crippen LogP contribution in [0.25, 0.3) is 5.57 Å². The molecule has 0 atom stereocenters. The van der Waals surface area contributed by atoms with Crippen molar-refractivity contribution in [1.29, 1.82) is 0 Å². The number of unbranched alkanes of at least 4 members (excludes halogenated alkanes) is 1. The zero-order chi connectivity index (χ0) is 13.4. The molecule has 1 rings (SSSR count). The van der Waals surface area contributed by atoms with E-state index in [2.05, 4.69) is 6.92 Å². The molecule has 18 heavy (non-hydrogen) atoms. The van der Waals surface area contributed by atoms with Crippen LogP contribution in [0.15, 0.2) is 48.1 Å². The first-order chi connectivity index (χ1) is 8.65. The number of benzene rings is 1. The van der Waals surface area contributed by atoms with Crippen LogP contribution in [0.4, 0.5) is 0 Å². The molecule has 1 aromatic carbocycles. The van der Waals surface area contributed by atoms with E-state index >= 15 is 0 Å². The molecule has 0 aromatic heterocycles. The summed E-state index contributed by atoms with van der Waals surface area (Å²) < 4.78 is 0. The summed E-state index contributed by atoms with van der Waals surface area (Å²) in [6.07, 6.45) is 6.15. The van der Waals surface area contributed by atoms with Gasteiger partial charge < -0.3 is 5.11 Å². The van der Waals surface area contributed by atoms with Gasteiger partial charge in [0.2, 0.25) is 0 Å². The third kappa shape index (κ3) is 4.58. The quantitative estimate of drug-likeness (QED) is 0.598. The van der Waals surface area contributed by atoms with E-state index < -0.39 is 5.97 Å². The Morgan fingerprint density at radius 3 is 2.44 bits per heavy atom. The average Bonchev–Trinajstić information content (AvgIpc) is 2.39. The molecule has 0 radical (unpaired) electrons. The maximum Gasteiger partial charge on any atom is 0.331 e. The van der Waals surface area contributed by atoms with Crippen molar-refractivity contribution in [1.82, 2.24) is 0 Å². The summed E-state index contributed by atoms with van der Waals surface area (Å²) in [5.74, 6) is -0.819. The standard InChI is InChI=1S/C16H20O2/c1-3-4-8-15(16(17)18)12-11-13(2)14-9-6-5-7-10-14/h5-7,9-12H,3-4,8H2,1-2H3,(H,17,18)/b13-11-,15-12+. The molecule has 0 spiro atoms. The van der Waals surface area contributed by atoms with Crippen molar-refractivity contribution in [2.24, 2.45) is 0 Å². The molecular weight excluding hydrogens is 224 g/mol. The Morgan fingerprint density at radius 2 is 1.89 bits per heavy atom. The third-order valence-electron chi connectivity index (χ3n) is 2.84. The minimum absolute atomic E-state index is 0.479. The first-order valence-electron chi connectivity index (χ1n) is 6.31. The number of aliphatic carboxylic acids is 1. The van der Waals surface area contributed by atoms with E-state index in [4.69, 9.17) is 5.11 Å². The van der Waals surface area contributed by atoms with Gasteiger partial charge in [0.15, 0.2) is 0 Å². The van der Waals surface area contributed by atoms with Crippen LogP contribution in [0.2, 0.25) is 0 Å². The zero-order valence-electron chi connectivity index (χ0n) is 11.0. The Balaban J connectivity index is 2.83.